The summed E-state index contributed by atoms with van der Waals surface area (Å²) in [5, 5.41) is 0. The Kier molecular flexibility index (Phi) is 2.21. The summed E-state index contributed by atoms with van der Waals surface area (Å²) in [6.45, 7) is 3.31. The standard InChI is InChI=1S/C9H12N3/c1-2-6-12(7-3-1)9-4-5-10-8-11-9/h4-6,8H,1-3,7H2. The fraction of sp³-hybridized carbons (Fsp3) is 0.444. The molecule has 0 spiro atoms. The van der Waals surface area contributed by atoms with E-state index in [1.165, 1.54) is 19.3 Å². The van der Waals surface area contributed by atoms with E-state index in [0.717, 1.165) is 12.4 Å². The second-order valence-corrected chi connectivity index (χ2v) is 2.94. The normalized spacial score (nSPS) is 17.8. The van der Waals surface area contributed by atoms with E-state index in [-0.39, 0.29) is 0 Å². The third-order valence-corrected chi connectivity index (χ3v) is 2.06. The van der Waals surface area contributed by atoms with Gasteiger partial charge in [-0.25, -0.2) is 9.97 Å². The van der Waals surface area contributed by atoms with Crippen LogP contribution >= 0.6 is 0 Å². The van der Waals surface area contributed by atoms with Gasteiger partial charge in [-0.2, -0.15) is 0 Å². The molecule has 0 aliphatic carbocycles. The van der Waals surface area contributed by atoms with Crippen molar-refractivity contribution in [2.75, 3.05) is 11.4 Å². The number of rotatable bonds is 1. The molecule has 3 nitrogen and oxygen atoms in total. The molecule has 0 atom stereocenters. The Morgan fingerprint density at radius 2 is 2.33 bits per heavy atom. The zero-order valence-electron chi connectivity index (χ0n) is 6.98. The Balaban J connectivity index is 2.08. The van der Waals surface area contributed by atoms with Crippen molar-refractivity contribution >= 4 is 5.82 Å². The van der Waals surface area contributed by atoms with Crippen molar-refractivity contribution < 1.29 is 0 Å². The van der Waals surface area contributed by atoms with Crippen molar-refractivity contribution in [2.24, 2.45) is 0 Å². The van der Waals surface area contributed by atoms with E-state index in [2.05, 4.69) is 21.4 Å². The number of hydrogen-bond donors (Lipinski definition) is 0. The maximum absolute atomic E-state index is 4.19. The Bertz CT molecular complexity index is 229. The van der Waals surface area contributed by atoms with Gasteiger partial charge in [-0.15, -0.1) is 0 Å². The number of aromatic nitrogens is 2. The van der Waals surface area contributed by atoms with Crippen LogP contribution in [0.15, 0.2) is 18.6 Å². The van der Waals surface area contributed by atoms with Crippen molar-refractivity contribution in [3.63, 3.8) is 0 Å². The van der Waals surface area contributed by atoms with Gasteiger partial charge in [-0.3, -0.25) is 0 Å². The second-order valence-electron chi connectivity index (χ2n) is 2.94. The first-order valence-electron chi connectivity index (χ1n) is 4.33. The van der Waals surface area contributed by atoms with Crippen LogP contribution in [0.1, 0.15) is 19.3 Å². The maximum Gasteiger partial charge on any atom is 0.132 e. The highest BCUT2D eigenvalue weighted by molar-refractivity contribution is 5.39. The first-order chi connectivity index (χ1) is 5.97. The number of hydrogen-bond acceptors (Lipinski definition) is 3. The van der Waals surface area contributed by atoms with Crippen LogP contribution in [0.2, 0.25) is 0 Å². The Morgan fingerprint density at radius 3 is 3.00 bits per heavy atom. The number of nitrogens with zero attached hydrogens (tertiary/aromatic N) is 3. The molecular weight excluding hydrogens is 150 g/mol. The average molecular weight is 162 g/mol. The van der Waals surface area contributed by atoms with Crippen LogP contribution in [0.25, 0.3) is 0 Å². The summed E-state index contributed by atoms with van der Waals surface area (Å²) in [7, 11) is 0. The molecule has 1 aliphatic rings. The lowest BCUT2D eigenvalue weighted by atomic mass is 10.1. The predicted molar refractivity (Wildman–Crippen MR) is 47.5 cm³/mol. The molecule has 1 aromatic rings. The first-order valence-corrected chi connectivity index (χ1v) is 4.33. The molecule has 12 heavy (non-hydrogen) atoms. The highest BCUT2D eigenvalue weighted by Gasteiger charge is 2.11. The predicted octanol–water partition coefficient (Wildman–Crippen LogP) is 1.63. The lowest BCUT2D eigenvalue weighted by Crippen LogP contribution is -2.25. The van der Waals surface area contributed by atoms with Crippen LogP contribution in [0.3, 0.4) is 0 Å². The van der Waals surface area contributed by atoms with Gasteiger partial charge < -0.3 is 4.90 Å². The van der Waals surface area contributed by atoms with Gasteiger partial charge in [-0.1, -0.05) is 0 Å². The molecule has 0 N–H and O–H groups in total. The van der Waals surface area contributed by atoms with Crippen molar-refractivity contribution in [2.45, 2.75) is 19.3 Å². The van der Waals surface area contributed by atoms with E-state index >= 15 is 0 Å². The minimum absolute atomic E-state index is 1.02. The van der Waals surface area contributed by atoms with E-state index in [0.29, 0.717) is 0 Å². The summed E-state index contributed by atoms with van der Waals surface area (Å²) in [4.78, 5) is 10.3. The van der Waals surface area contributed by atoms with Gasteiger partial charge in [0.2, 0.25) is 0 Å². The lowest BCUT2D eigenvalue weighted by Gasteiger charge is -2.26. The molecule has 1 fully saturated rings. The first kappa shape index (κ1) is 7.53. The summed E-state index contributed by atoms with van der Waals surface area (Å²) in [5.41, 5.74) is 0. The van der Waals surface area contributed by atoms with E-state index in [9.17, 15) is 0 Å². The molecule has 0 saturated carbocycles. The minimum Gasteiger partial charge on any atom is -0.351 e. The molecule has 2 heterocycles. The largest absolute Gasteiger partial charge is 0.351 e. The number of piperidine rings is 1. The second kappa shape index (κ2) is 3.52. The van der Waals surface area contributed by atoms with Gasteiger partial charge in [0.05, 0.1) is 6.54 Å². The van der Waals surface area contributed by atoms with Gasteiger partial charge in [-0.05, 0) is 25.3 Å². The average Bonchev–Trinajstić information content (AvgIpc) is 2.21. The van der Waals surface area contributed by atoms with Crippen LogP contribution in [-0.4, -0.2) is 16.5 Å². The van der Waals surface area contributed by atoms with E-state index in [4.69, 9.17) is 0 Å². The highest BCUT2D eigenvalue weighted by atomic mass is 15.2. The molecule has 2 rings (SSSR count). The van der Waals surface area contributed by atoms with Crippen LogP contribution < -0.4 is 4.90 Å². The van der Waals surface area contributed by atoms with Crippen LogP contribution in [0.4, 0.5) is 5.82 Å². The molecule has 1 radical (unpaired) electrons. The fourth-order valence-corrected chi connectivity index (χ4v) is 1.43. The molecule has 1 aromatic heterocycles. The highest BCUT2D eigenvalue weighted by Crippen LogP contribution is 2.18. The summed E-state index contributed by atoms with van der Waals surface area (Å²) in [5.74, 6) is 1.02. The molecule has 63 valence electrons. The summed E-state index contributed by atoms with van der Waals surface area (Å²) in [6.07, 6.45) is 7.12. The van der Waals surface area contributed by atoms with Gasteiger partial charge in [0.1, 0.15) is 12.1 Å². The molecule has 0 amide bonds. The molecular formula is C9H12N3. The zero-order valence-corrected chi connectivity index (χ0v) is 6.98. The summed E-state index contributed by atoms with van der Waals surface area (Å²) < 4.78 is 0. The zero-order chi connectivity index (χ0) is 8.23. The SMILES string of the molecule is [CH]1CCCCN1c1ccncn1. The van der Waals surface area contributed by atoms with Gasteiger partial charge >= 0.3 is 0 Å². The topological polar surface area (TPSA) is 29.0 Å². The third-order valence-electron chi connectivity index (χ3n) is 2.06. The summed E-state index contributed by atoms with van der Waals surface area (Å²) >= 11 is 0. The maximum atomic E-state index is 4.19. The Labute approximate surface area is 72.4 Å². The van der Waals surface area contributed by atoms with Crippen LogP contribution in [0.5, 0.6) is 0 Å². The Morgan fingerprint density at radius 1 is 1.33 bits per heavy atom. The minimum atomic E-state index is 1.02. The molecule has 3 heteroatoms. The number of anilines is 1. The molecule has 0 unspecified atom stereocenters. The van der Waals surface area contributed by atoms with Crippen LogP contribution in [0, 0.1) is 6.54 Å². The molecule has 1 aliphatic heterocycles. The molecule has 0 bridgehead atoms. The smallest absolute Gasteiger partial charge is 0.132 e. The molecule has 0 aromatic carbocycles. The quantitative estimate of drug-likeness (QED) is 0.628. The van der Waals surface area contributed by atoms with Crippen LogP contribution in [-0.2, 0) is 0 Å². The van der Waals surface area contributed by atoms with Crippen molar-refractivity contribution in [1.82, 2.24) is 9.97 Å². The third kappa shape index (κ3) is 1.55. The van der Waals surface area contributed by atoms with Gasteiger partial charge in [0, 0.05) is 12.7 Å². The summed E-state index contributed by atoms with van der Waals surface area (Å²) in [6, 6.07) is 1.95. The monoisotopic (exact) mass is 162 g/mol. The van der Waals surface area contributed by atoms with Crippen molar-refractivity contribution in [1.29, 1.82) is 0 Å². The van der Waals surface area contributed by atoms with E-state index in [1.807, 2.05) is 6.07 Å². The van der Waals surface area contributed by atoms with E-state index < -0.39 is 0 Å². The Hall–Kier alpha value is -1.12. The lowest BCUT2D eigenvalue weighted by molar-refractivity contribution is 0.628. The fourth-order valence-electron chi connectivity index (χ4n) is 1.43. The van der Waals surface area contributed by atoms with Gasteiger partial charge in [0.15, 0.2) is 0 Å². The molecule has 1 saturated heterocycles. The van der Waals surface area contributed by atoms with Gasteiger partial charge in [0.25, 0.3) is 0 Å². The van der Waals surface area contributed by atoms with E-state index in [1.54, 1.807) is 12.5 Å². The van der Waals surface area contributed by atoms with Crippen molar-refractivity contribution in [3.8, 4) is 0 Å². The van der Waals surface area contributed by atoms with Crippen molar-refractivity contribution in [3.05, 3.63) is 25.1 Å².